The predicted molar refractivity (Wildman–Crippen MR) is 72.0 cm³/mol. The molecule has 0 spiro atoms. The molecule has 0 aliphatic carbocycles. The van der Waals surface area contributed by atoms with E-state index in [4.69, 9.17) is 4.74 Å². The molecule has 9 heteroatoms. The van der Waals surface area contributed by atoms with Gasteiger partial charge in [-0.3, -0.25) is 20.4 Å². The number of esters is 1. The Hall–Kier alpha value is -0.930. The fourth-order valence-corrected chi connectivity index (χ4v) is 2.77. The number of halogens is 2. The molecule has 0 bridgehead atoms. The predicted octanol–water partition coefficient (Wildman–Crippen LogP) is 1.60. The molecule has 0 aliphatic heterocycles. The van der Waals surface area contributed by atoms with Crippen molar-refractivity contribution in [3.8, 4) is 0 Å². The molecule has 0 saturated carbocycles. The molecular weight excluding hydrogens is 392 g/mol. The van der Waals surface area contributed by atoms with Crippen LogP contribution in [0, 0.1) is 0 Å². The monoisotopic (exact) mass is 398 g/mol. The quantitative estimate of drug-likeness (QED) is 0.597. The Morgan fingerprint density at radius 3 is 2.50 bits per heavy atom. The number of amides is 2. The molecule has 0 fully saturated rings. The van der Waals surface area contributed by atoms with Crippen LogP contribution in [-0.4, -0.2) is 24.4 Å². The van der Waals surface area contributed by atoms with Crippen molar-refractivity contribution in [3.63, 3.8) is 0 Å². The van der Waals surface area contributed by atoms with Crippen LogP contribution in [0.5, 0.6) is 0 Å². The molecule has 0 unspecified atom stereocenters. The molecule has 1 aromatic rings. The highest BCUT2D eigenvalue weighted by atomic mass is 79.9. The smallest absolute Gasteiger partial charge is 0.348 e. The van der Waals surface area contributed by atoms with E-state index in [-0.39, 0.29) is 0 Å². The maximum absolute atomic E-state index is 11.5. The minimum atomic E-state index is -0.617. The van der Waals surface area contributed by atoms with E-state index in [9.17, 15) is 14.4 Å². The minimum absolute atomic E-state index is 0.362. The topological polar surface area (TPSA) is 84.5 Å². The summed E-state index contributed by atoms with van der Waals surface area (Å²) in [5.74, 6) is -1.64. The highest BCUT2D eigenvalue weighted by molar-refractivity contribution is 9.13. The van der Waals surface area contributed by atoms with Gasteiger partial charge in [0.05, 0.1) is 3.79 Å². The largest absolute Gasteiger partial charge is 0.451 e. The van der Waals surface area contributed by atoms with Gasteiger partial charge in [0, 0.05) is 11.4 Å². The van der Waals surface area contributed by atoms with E-state index in [2.05, 4.69) is 42.7 Å². The van der Waals surface area contributed by atoms with E-state index in [1.54, 1.807) is 6.07 Å². The zero-order valence-electron chi connectivity index (χ0n) is 9.08. The Bertz CT molecular complexity index is 469. The first kappa shape index (κ1) is 15.1. The second-order valence-corrected chi connectivity index (χ2v) is 6.26. The standard InChI is InChI=1S/C9H8Br2N2O4S/c1-4(14)12-13-7(15)3-17-9(16)6-2-5(10)8(11)18-6/h2H,3H2,1H3,(H,12,14)(H,13,15). The van der Waals surface area contributed by atoms with E-state index in [0.717, 1.165) is 8.26 Å². The number of carbonyl (C=O) groups is 3. The molecule has 0 atom stereocenters. The summed E-state index contributed by atoms with van der Waals surface area (Å²) in [5.41, 5.74) is 4.15. The van der Waals surface area contributed by atoms with Gasteiger partial charge in [-0.05, 0) is 37.9 Å². The summed E-state index contributed by atoms with van der Waals surface area (Å²) in [4.78, 5) is 33.5. The van der Waals surface area contributed by atoms with Gasteiger partial charge >= 0.3 is 5.97 Å². The van der Waals surface area contributed by atoms with Crippen LogP contribution in [0.2, 0.25) is 0 Å². The third-order valence-electron chi connectivity index (χ3n) is 1.56. The fourth-order valence-electron chi connectivity index (χ4n) is 0.843. The van der Waals surface area contributed by atoms with Gasteiger partial charge in [-0.2, -0.15) is 0 Å². The lowest BCUT2D eigenvalue weighted by Gasteiger charge is -2.05. The normalized spacial score (nSPS) is 9.72. The summed E-state index contributed by atoms with van der Waals surface area (Å²) in [6.45, 7) is 0.777. The van der Waals surface area contributed by atoms with E-state index >= 15 is 0 Å². The van der Waals surface area contributed by atoms with Gasteiger partial charge in [0.25, 0.3) is 5.91 Å². The van der Waals surface area contributed by atoms with Crippen LogP contribution in [0.3, 0.4) is 0 Å². The molecule has 0 saturated heterocycles. The Balaban J connectivity index is 2.41. The summed E-state index contributed by atoms with van der Waals surface area (Å²) in [6, 6.07) is 1.59. The van der Waals surface area contributed by atoms with Crippen molar-refractivity contribution < 1.29 is 19.1 Å². The molecule has 1 aromatic heterocycles. The van der Waals surface area contributed by atoms with E-state index in [1.165, 1.54) is 18.3 Å². The Morgan fingerprint density at radius 1 is 1.33 bits per heavy atom. The number of carbonyl (C=O) groups excluding carboxylic acids is 3. The third-order valence-corrected chi connectivity index (χ3v) is 4.79. The Kier molecular flexibility index (Phi) is 5.76. The molecule has 1 rings (SSSR count). The van der Waals surface area contributed by atoms with Gasteiger partial charge < -0.3 is 4.74 Å². The van der Waals surface area contributed by atoms with Crippen molar-refractivity contribution in [2.75, 3.05) is 6.61 Å². The van der Waals surface area contributed by atoms with Crippen LogP contribution in [0.4, 0.5) is 0 Å². The molecule has 2 N–H and O–H groups in total. The Labute approximate surface area is 123 Å². The molecule has 6 nitrogen and oxygen atoms in total. The minimum Gasteiger partial charge on any atom is -0.451 e. The van der Waals surface area contributed by atoms with Crippen molar-refractivity contribution in [2.45, 2.75) is 6.92 Å². The van der Waals surface area contributed by atoms with Crippen LogP contribution < -0.4 is 10.9 Å². The highest BCUT2D eigenvalue weighted by Crippen LogP contribution is 2.32. The maximum Gasteiger partial charge on any atom is 0.348 e. The molecule has 0 aromatic carbocycles. The van der Waals surface area contributed by atoms with Crippen molar-refractivity contribution in [1.82, 2.24) is 10.9 Å². The first-order valence-electron chi connectivity index (χ1n) is 4.57. The number of ether oxygens (including phenoxy) is 1. The Morgan fingerprint density at radius 2 is 2.00 bits per heavy atom. The zero-order valence-corrected chi connectivity index (χ0v) is 13.1. The molecular formula is C9H8Br2N2O4S. The van der Waals surface area contributed by atoms with Gasteiger partial charge in [-0.1, -0.05) is 0 Å². The number of hydrogen-bond acceptors (Lipinski definition) is 5. The van der Waals surface area contributed by atoms with Crippen molar-refractivity contribution in [2.24, 2.45) is 0 Å². The SMILES string of the molecule is CC(=O)NNC(=O)COC(=O)c1cc(Br)c(Br)s1. The van der Waals surface area contributed by atoms with Gasteiger partial charge in [-0.15, -0.1) is 11.3 Å². The number of hydrazine groups is 1. The van der Waals surface area contributed by atoms with Crippen molar-refractivity contribution >= 4 is 61.0 Å². The molecule has 18 heavy (non-hydrogen) atoms. The van der Waals surface area contributed by atoms with Crippen LogP contribution in [-0.2, 0) is 14.3 Å². The average Bonchev–Trinajstić information content (AvgIpc) is 2.64. The molecule has 98 valence electrons. The van der Waals surface area contributed by atoms with Gasteiger partial charge in [0.1, 0.15) is 4.88 Å². The van der Waals surface area contributed by atoms with Crippen LogP contribution >= 0.6 is 43.2 Å². The first-order chi connectivity index (χ1) is 8.40. The number of nitrogens with one attached hydrogen (secondary N) is 2. The molecule has 0 aliphatic rings. The van der Waals surface area contributed by atoms with Crippen LogP contribution in [0.25, 0.3) is 0 Å². The van der Waals surface area contributed by atoms with Gasteiger partial charge in [0.15, 0.2) is 6.61 Å². The lowest BCUT2D eigenvalue weighted by atomic mass is 10.5. The fraction of sp³-hybridized carbons (Fsp3) is 0.222. The van der Waals surface area contributed by atoms with E-state index in [1.807, 2.05) is 0 Å². The maximum atomic E-state index is 11.5. The van der Waals surface area contributed by atoms with E-state index in [0.29, 0.717) is 4.88 Å². The lowest BCUT2D eigenvalue weighted by Crippen LogP contribution is -2.42. The van der Waals surface area contributed by atoms with E-state index < -0.39 is 24.4 Å². The molecule has 2 amide bonds. The van der Waals surface area contributed by atoms with Crippen molar-refractivity contribution in [3.05, 3.63) is 19.2 Å². The summed E-state index contributed by atoms with van der Waals surface area (Å²) >= 11 is 7.66. The number of hydrogen-bond donors (Lipinski definition) is 2. The highest BCUT2D eigenvalue weighted by Gasteiger charge is 2.14. The summed E-state index contributed by atoms with van der Waals surface area (Å²) < 4.78 is 6.26. The van der Waals surface area contributed by atoms with Gasteiger partial charge in [0.2, 0.25) is 5.91 Å². The van der Waals surface area contributed by atoms with Crippen molar-refractivity contribution in [1.29, 1.82) is 0 Å². The second-order valence-electron chi connectivity index (χ2n) is 3.04. The van der Waals surface area contributed by atoms with Crippen LogP contribution in [0.1, 0.15) is 16.6 Å². The third kappa shape index (κ3) is 4.75. The zero-order chi connectivity index (χ0) is 13.7. The summed E-state index contributed by atoms with van der Waals surface area (Å²) in [5, 5.41) is 0. The molecule has 1 heterocycles. The average molecular weight is 400 g/mol. The van der Waals surface area contributed by atoms with Gasteiger partial charge in [-0.25, -0.2) is 4.79 Å². The molecule has 0 radical (unpaired) electrons. The second kappa shape index (κ2) is 6.86. The van der Waals surface area contributed by atoms with Crippen LogP contribution in [0.15, 0.2) is 14.3 Å². The number of rotatable bonds is 3. The summed E-state index contributed by atoms with van der Waals surface area (Å²) in [7, 11) is 0. The lowest BCUT2D eigenvalue weighted by molar-refractivity contribution is -0.129. The first-order valence-corrected chi connectivity index (χ1v) is 6.97. The number of thiophene rings is 1. The summed E-state index contributed by atoms with van der Waals surface area (Å²) in [6.07, 6.45) is 0.